The van der Waals surface area contributed by atoms with E-state index in [0.717, 1.165) is 22.7 Å². The van der Waals surface area contributed by atoms with E-state index in [4.69, 9.17) is 9.47 Å². The van der Waals surface area contributed by atoms with Gasteiger partial charge in [0, 0.05) is 19.4 Å². The van der Waals surface area contributed by atoms with Gasteiger partial charge in [0.2, 0.25) is 0 Å². The second-order valence-electron chi connectivity index (χ2n) is 6.28. The minimum absolute atomic E-state index is 0.0689. The number of aromatic nitrogens is 2. The number of carbonyl (C=O) groups is 1. The van der Waals surface area contributed by atoms with Crippen LogP contribution in [-0.4, -0.2) is 29.2 Å². The van der Waals surface area contributed by atoms with E-state index in [1.165, 1.54) is 0 Å². The van der Waals surface area contributed by atoms with Crippen LogP contribution in [0.4, 0.5) is 0 Å². The van der Waals surface area contributed by atoms with Gasteiger partial charge < -0.3 is 19.4 Å². The molecule has 0 saturated heterocycles. The Balaban J connectivity index is 1.74. The Morgan fingerprint density at radius 2 is 1.96 bits per heavy atom. The van der Waals surface area contributed by atoms with Crippen LogP contribution in [0.2, 0.25) is 0 Å². The Morgan fingerprint density at radius 3 is 2.59 bits per heavy atom. The highest BCUT2D eigenvalue weighted by Crippen LogP contribution is 2.23. The lowest BCUT2D eigenvalue weighted by atomic mass is 10.1. The lowest BCUT2D eigenvalue weighted by molar-refractivity contribution is -0.123. The van der Waals surface area contributed by atoms with Crippen molar-refractivity contribution in [3.05, 3.63) is 77.9 Å². The molecule has 0 aliphatic heterocycles. The Labute approximate surface area is 158 Å². The average molecular weight is 365 g/mol. The molecular formula is C21H23N3O3. The number of hydrogen-bond acceptors (Lipinski definition) is 4. The SMILES string of the molecule is COc1ccc([C@H](NC(=O)COc2cccc(C)c2)c2nccn2C)cc1. The minimum atomic E-state index is -0.385. The molecule has 3 rings (SSSR count). The van der Waals surface area contributed by atoms with Gasteiger partial charge in [-0.05, 0) is 42.3 Å². The first-order chi connectivity index (χ1) is 13.1. The van der Waals surface area contributed by atoms with Crippen LogP contribution in [0.15, 0.2) is 60.9 Å². The fourth-order valence-corrected chi connectivity index (χ4v) is 2.81. The maximum atomic E-state index is 12.5. The summed E-state index contributed by atoms with van der Waals surface area (Å²) in [7, 11) is 3.52. The maximum Gasteiger partial charge on any atom is 0.258 e. The van der Waals surface area contributed by atoms with E-state index < -0.39 is 0 Å². The first-order valence-corrected chi connectivity index (χ1v) is 8.67. The number of methoxy groups -OCH3 is 1. The number of ether oxygens (including phenoxy) is 2. The quantitative estimate of drug-likeness (QED) is 0.699. The van der Waals surface area contributed by atoms with Crippen LogP contribution in [0, 0.1) is 6.92 Å². The molecule has 0 fully saturated rings. The molecule has 0 aliphatic carbocycles. The molecule has 140 valence electrons. The number of imidazole rings is 1. The molecule has 2 aromatic carbocycles. The number of aryl methyl sites for hydroxylation is 2. The van der Waals surface area contributed by atoms with E-state index in [9.17, 15) is 4.79 Å². The standard InChI is InChI=1S/C21H23N3O3/c1-15-5-4-6-18(13-15)27-14-19(25)23-20(21-22-11-12-24(21)2)16-7-9-17(26-3)10-8-16/h4-13,20H,14H2,1-3H3,(H,23,25)/t20-/m0/s1. The van der Waals surface area contributed by atoms with Crippen molar-refractivity contribution < 1.29 is 14.3 Å². The second kappa shape index (κ2) is 8.40. The molecule has 6 heteroatoms. The van der Waals surface area contributed by atoms with Gasteiger partial charge in [0.15, 0.2) is 6.61 Å². The van der Waals surface area contributed by atoms with Gasteiger partial charge in [-0.25, -0.2) is 4.98 Å². The highest BCUT2D eigenvalue weighted by atomic mass is 16.5. The summed E-state index contributed by atoms with van der Waals surface area (Å²) < 4.78 is 12.7. The maximum absolute atomic E-state index is 12.5. The van der Waals surface area contributed by atoms with Crippen LogP contribution in [0.25, 0.3) is 0 Å². The van der Waals surface area contributed by atoms with Gasteiger partial charge in [-0.1, -0.05) is 24.3 Å². The smallest absolute Gasteiger partial charge is 0.258 e. The van der Waals surface area contributed by atoms with Crippen LogP contribution in [0.1, 0.15) is 23.0 Å². The van der Waals surface area contributed by atoms with Crippen LogP contribution >= 0.6 is 0 Å². The molecule has 0 bridgehead atoms. The van der Waals surface area contributed by atoms with E-state index in [1.54, 1.807) is 13.3 Å². The van der Waals surface area contributed by atoms with E-state index in [1.807, 2.05) is 73.3 Å². The van der Waals surface area contributed by atoms with Gasteiger partial charge in [0.05, 0.1) is 7.11 Å². The summed E-state index contributed by atoms with van der Waals surface area (Å²) in [4.78, 5) is 16.9. The first-order valence-electron chi connectivity index (χ1n) is 8.67. The van der Waals surface area contributed by atoms with Crippen LogP contribution in [0.3, 0.4) is 0 Å². The van der Waals surface area contributed by atoms with Crippen molar-refractivity contribution in [3.8, 4) is 11.5 Å². The number of nitrogens with zero attached hydrogens (tertiary/aromatic N) is 2. The number of nitrogens with one attached hydrogen (secondary N) is 1. The molecule has 0 aliphatic rings. The van der Waals surface area contributed by atoms with Crippen LogP contribution < -0.4 is 14.8 Å². The second-order valence-corrected chi connectivity index (χ2v) is 6.28. The van der Waals surface area contributed by atoms with Crippen molar-refractivity contribution in [2.75, 3.05) is 13.7 Å². The number of hydrogen-bond donors (Lipinski definition) is 1. The van der Waals surface area contributed by atoms with Crippen molar-refractivity contribution in [1.82, 2.24) is 14.9 Å². The van der Waals surface area contributed by atoms with Crippen molar-refractivity contribution in [1.29, 1.82) is 0 Å². The summed E-state index contributed by atoms with van der Waals surface area (Å²) in [6.45, 7) is 1.91. The van der Waals surface area contributed by atoms with E-state index in [0.29, 0.717) is 5.75 Å². The zero-order valence-corrected chi connectivity index (χ0v) is 15.7. The first kappa shape index (κ1) is 18.5. The van der Waals surface area contributed by atoms with Crippen LogP contribution in [-0.2, 0) is 11.8 Å². The summed E-state index contributed by atoms with van der Waals surface area (Å²) in [6.07, 6.45) is 3.56. The Morgan fingerprint density at radius 1 is 1.19 bits per heavy atom. The molecule has 3 aromatic rings. The van der Waals surface area contributed by atoms with E-state index in [2.05, 4.69) is 10.3 Å². The van der Waals surface area contributed by atoms with Gasteiger partial charge in [0.1, 0.15) is 23.4 Å². The molecule has 1 N–H and O–H groups in total. The van der Waals surface area contributed by atoms with Crippen molar-refractivity contribution >= 4 is 5.91 Å². The molecule has 6 nitrogen and oxygen atoms in total. The fourth-order valence-electron chi connectivity index (χ4n) is 2.81. The third-order valence-corrected chi connectivity index (χ3v) is 4.23. The molecule has 1 atom stereocenters. The highest BCUT2D eigenvalue weighted by Gasteiger charge is 2.21. The molecule has 0 spiro atoms. The molecular weight excluding hydrogens is 342 g/mol. The number of rotatable bonds is 7. The highest BCUT2D eigenvalue weighted by molar-refractivity contribution is 5.78. The Hall–Kier alpha value is -3.28. The van der Waals surface area contributed by atoms with E-state index in [-0.39, 0.29) is 18.6 Å². The number of benzene rings is 2. The predicted octanol–water partition coefficient (Wildman–Crippen LogP) is 3.02. The molecule has 1 aromatic heterocycles. The van der Waals surface area contributed by atoms with Crippen molar-refractivity contribution in [3.63, 3.8) is 0 Å². The monoisotopic (exact) mass is 365 g/mol. The summed E-state index contributed by atoms with van der Waals surface area (Å²) >= 11 is 0. The Bertz CT molecular complexity index is 903. The van der Waals surface area contributed by atoms with E-state index >= 15 is 0 Å². The van der Waals surface area contributed by atoms with Gasteiger partial charge in [-0.15, -0.1) is 0 Å². The van der Waals surface area contributed by atoms with Crippen molar-refractivity contribution in [2.24, 2.45) is 7.05 Å². The summed E-state index contributed by atoms with van der Waals surface area (Å²) in [5, 5.41) is 3.01. The van der Waals surface area contributed by atoms with Gasteiger partial charge in [-0.2, -0.15) is 0 Å². The number of carbonyl (C=O) groups excluding carboxylic acids is 1. The fraction of sp³-hybridized carbons (Fsp3) is 0.238. The third kappa shape index (κ3) is 4.67. The van der Waals surface area contributed by atoms with Crippen molar-refractivity contribution in [2.45, 2.75) is 13.0 Å². The Kier molecular flexibility index (Phi) is 5.76. The summed E-state index contributed by atoms with van der Waals surface area (Å²) in [5.74, 6) is 1.94. The normalized spacial score (nSPS) is 11.7. The topological polar surface area (TPSA) is 65.4 Å². The van der Waals surface area contributed by atoms with Gasteiger partial charge >= 0.3 is 0 Å². The predicted molar refractivity (Wildman–Crippen MR) is 103 cm³/mol. The number of amides is 1. The van der Waals surface area contributed by atoms with Crippen LogP contribution in [0.5, 0.6) is 11.5 Å². The minimum Gasteiger partial charge on any atom is -0.497 e. The molecule has 0 saturated carbocycles. The molecule has 27 heavy (non-hydrogen) atoms. The lowest BCUT2D eigenvalue weighted by Crippen LogP contribution is -2.34. The molecule has 1 heterocycles. The summed E-state index contributed by atoms with van der Waals surface area (Å²) in [6, 6.07) is 14.8. The molecule has 0 unspecified atom stereocenters. The average Bonchev–Trinajstić information content (AvgIpc) is 3.10. The molecule has 0 radical (unpaired) electrons. The zero-order valence-electron chi connectivity index (χ0n) is 15.7. The molecule has 1 amide bonds. The largest absolute Gasteiger partial charge is 0.497 e. The lowest BCUT2D eigenvalue weighted by Gasteiger charge is -2.19. The zero-order chi connectivity index (χ0) is 19.2. The van der Waals surface area contributed by atoms with Gasteiger partial charge in [0.25, 0.3) is 5.91 Å². The summed E-state index contributed by atoms with van der Waals surface area (Å²) in [5.41, 5.74) is 1.99. The third-order valence-electron chi connectivity index (χ3n) is 4.23. The van der Waals surface area contributed by atoms with Gasteiger partial charge in [-0.3, -0.25) is 4.79 Å².